The Kier molecular flexibility index (Phi) is 6.49. The van der Waals surface area contributed by atoms with Crippen LogP contribution in [0, 0.1) is 0 Å². The zero-order chi connectivity index (χ0) is 21.4. The fraction of sp³-hybridized carbons (Fsp3) is 0.308. The van der Waals surface area contributed by atoms with E-state index in [1.54, 1.807) is 12.1 Å². The summed E-state index contributed by atoms with van der Waals surface area (Å²) in [5.74, 6) is -0.303. The molecule has 32 heavy (non-hydrogen) atoms. The third-order valence-electron chi connectivity index (χ3n) is 6.52. The Labute approximate surface area is 194 Å². The highest BCUT2D eigenvalue weighted by Gasteiger charge is 2.34. The predicted octanol–water partition coefficient (Wildman–Crippen LogP) is 4.77. The monoisotopic (exact) mass is 449 g/mol. The number of halogens is 1. The maximum Gasteiger partial charge on any atom is 0.261 e. The van der Waals surface area contributed by atoms with Crippen LogP contribution in [0.1, 0.15) is 45.5 Å². The van der Waals surface area contributed by atoms with Crippen molar-refractivity contribution < 1.29 is 9.59 Å². The Bertz CT molecular complexity index is 1160. The van der Waals surface area contributed by atoms with E-state index in [1.807, 2.05) is 12.1 Å². The van der Waals surface area contributed by atoms with Crippen LogP contribution in [0.2, 0.25) is 0 Å². The van der Waals surface area contributed by atoms with Crippen LogP contribution in [0.3, 0.4) is 0 Å². The number of amides is 2. The Hall–Kier alpha value is -2.89. The number of para-hydroxylation sites is 1. The highest BCUT2D eigenvalue weighted by atomic mass is 35.5. The Morgan fingerprint density at radius 3 is 2.19 bits per heavy atom. The molecular weight excluding hydrogens is 422 g/mol. The number of carbonyl (C=O) groups excluding carboxylic acids is 2. The van der Waals surface area contributed by atoms with Crippen LogP contribution in [0.5, 0.6) is 0 Å². The third kappa shape index (κ3) is 3.98. The number of fused-ring (bicyclic) bond motifs is 2. The molecule has 6 heteroatoms. The van der Waals surface area contributed by atoms with Crippen molar-refractivity contribution in [2.24, 2.45) is 7.05 Å². The van der Waals surface area contributed by atoms with Gasteiger partial charge in [0.2, 0.25) is 0 Å². The molecule has 0 saturated heterocycles. The lowest BCUT2D eigenvalue weighted by molar-refractivity contribution is 0.0650. The highest BCUT2D eigenvalue weighted by Crippen LogP contribution is 2.30. The summed E-state index contributed by atoms with van der Waals surface area (Å²) in [7, 11) is 2.11. The van der Waals surface area contributed by atoms with Gasteiger partial charge in [-0.1, -0.05) is 36.4 Å². The number of rotatable bonds is 6. The highest BCUT2D eigenvalue weighted by molar-refractivity contribution is 6.21. The minimum absolute atomic E-state index is 0. The summed E-state index contributed by atoms with van der Waals surface area (Å²) >= 11 is 0. The lowest BCUT2D eigenvalue weighted by Gasteiger charge is -2.26. The number of carbonyl (C=O) groups is 2. The van der Waals surface area contributed by atoms with E-state index < -0.39 is 0 Å². The number of hydrogen-bond donors (Lipinski definition) is 0. The second-order valence-corrected chi connectivity index (χ2v) is 8.47. The van der Waals surface area contributed by atoms with Crippen molar-refractivity contribution in [1.82, 2.24) is 14.4 Å². The fourth-order valence-corrected chi connectivity index (χ4v) is 4.80. The molecule has 2 aliphatic rings. The molecule has 1 aromatic heterocycles. The van der Waals surface area contributed by atoms with Gasteiger partial charge in [0, 0.05) is 49.3 Å². The van der Waals surface area contributed by atoms with Crippen molar-refractivity contribution in [2.45, 2.75) is 19.3 Å². The molecule has 5 nitrogen and oxygen atoms in total. The summed E-state index contributed by atoms with van der Waals surface area (Å²) in [5, 5.41) is 1.32. The lowest BCUT2D eigenvalue weighted by Crippen LogP contribution is -2.32. The average Bonchev–Trinajstić information content (AvgIpc) is 3.27. The van der Waals surface area contributed by atoms with E-state index in [-0.39, 0.29) is 24.2 Å². The number of aryl methyl sites for hydroxylation is 1. The van der Waals surface area contributed by atoms with Crippen LogP contribution in [0.15, 0.2) is 60.8 Å². The number of aromatic nitrogens is 1. The van der Waals surface area contributed by atoms with Gasteiger partial charge in [-0.25, -0.2) is 0 Å². The first kappa shape index (κ1) is 22.3. The maximum atomic E-state index is 12.5. The molecule has 2 amide bonds. The molecule has 0 N–H and O–H groups in total. The zero-order valence-corrected chi connectivity index (χ0v) is 19.1. The summed E-state index contributed by atoms with van der Waals surface area (Å²) in [6.07, 6.45) is 7.46. The van der Waals surface area contributed by atoms with Crippen molar-refractivity contribution in [3.8, 4) is 0 Å². The smallest absolute Gasteiger partial charge is 0.261 e. The molecule has 0 bridgehead atoms. The van der Waals surface area contributed by atoms with Crippen LogP contribution in [0.4, 0.5) is 0 Å². The van der Waals surface area contributed by atoms with Gasteiger partial charge in [-0.3, -0.25) is 19.4 Å². The number of hydrogen-bond acceptors (Lipinski definition) is 3. The minimum atomic E-state index is -0.152. The standard InChI is InChI=1S/C26H27N3O2.ClH/c1-27-18-23(20-8-4-5-11-24(20)27)19-12-16-28(17-13-19)14-6-7-15-29-25(30)21-9-2-3-10-22(21)26(29)31;/h2-5,8-12,18H,6-7,13-17H2,1H3;1H. The van der Waals surface area contributed by atoms with E-state index in [0.29, 0.717) is 17.7 Å². The molecule has 0 radical (unpaired) electrons. The normalized spacial score (nSPS) is 16.3. The van der Waals surface area contributed by atoms with Crippen molar-refractivity contribution >= 4 is 40.7 Å². The summed E-state index contributed by atoms with van der Waals surface area (Å²) in [6.45, 7) is 3.48. The first-order chi connectivity index (χ1) is 15.1. The minimum Gasteiger partial charge on any atom is -0.350 e. The first-order valence-corrected chi connectivity index (χ1v) is 11.0. The number of nitrogens with zero attached hydrogens (tertiary/aromatic N) is 3. The van der Waals surface area contributed by atoms with Gasteiger partial charge in [0.05, 0.1) is 11.1 Å². The number of benzene rings is 2. The van der Waals surface area contributed by atoms with Crippen LogP contribution in [0.25, 0.3) is 16.5 Å². The maximum absolute atomic E-state index is 12.5. The molecule has 0 unspecified atom stereocenters. The summed E-state index contributed by atoms with van der Waals surface area (Å²) in [6, 6.07) is 15.7. The summed E-state index contributed by atoms with van der Waals surface area (Å²) in [4.78, 5) is 28.8. The molecule has 0 atom stereocenters. The predicted molar refractivity (Wildman–Crippen MR) is 130 cm³/mol. The van der Waals surface area contributed by atoms with E-state index in [0.717, 1.165) is 38.9 Å². The molecule has 5 rings (SSSR count). The van der Waals surface area contributed by atoms with E-state index in [9.17, 15) is 9.59 Å². The van der Waals surface area contributed by atoms with Gasteiger partial charge >= 0.3 is 0 Å². The van der Waals surface area contributed by atoms with Gasteiger partial charge in [-0.05, 0) is 49.6 Å². The first-order valence-electron chi connectivity index (χ1n) is 11.0. The molecule has 3 heterocycles. The summed E-state index contributed by atoms with van der Waals surface area (Å²) in [5.41, 5.74) is 5.13. The van der Waals surface area contributed by atoms with Crippen molar-refractivity contribution in [3.63, 3.8) is 0 Å². The summed E-state index contributed by atoms with van der Waals surface area (Å²) < 4.78 is 2.21. The zero-order valence-electron chi connectivity index (χ0n) is 18.3. The van der Waals surface area contributed by atoms with Crippen molar-refractivity contribution in [3.05, 3.63) is 77.5 Å². The number of imide groups is 1. The molecule has 2 aromatic carbocycles. The van der Waals surface area contributed by atoms with Gasteiger partial charge < -0.3 is 4.57 Å². The molecule has 2 aliphatic heterocycles. The SMILES string of the molecule is Cl.Cn1cc(C2=CCN(CCCCN3C(=O)c4ccccc4C3=O)CC2)c2ccccc21. The van der Waals surface area contributed by atoms with E-state index >= 15 is 0 Å². The van der Waals surface area contributed by atoms with Crippen LogP contribution >= 0.6 is 12.4 Å². The topological polar surface area (TPSA) is 45.5 Å². The van der Waals surface area contributed by atoms with Gasteiger partial charge in [0.1, 0.15) is 0 Å². The molecule has 0 spiro atoms. The lowest BCUT2D eigenvalue weighted by atomic mass is 9.99. The Morgan fingerprint density at radius 1 is 0.844 bits per heavy atom. The molecule has 166 valence electrons. The quantitative estimate of drug-likeness (QED) is 0.402. The second kappa shape index (κ2) is 9.31. The molecule has 0 saturated carbocycles. The second-order valence-electron chi connectivity index (χ2n) is 8.47. The van der Waals surface area contributed by atoms with E-state index in [4.69, 9.17) is 0 Å². The number of unbranched alkanes of at least 4 members (excludes halogenated alkanes) is 1. The average molecular weight is 450 g/mol. The van der Waals surface area contributed by atoms with Crippen molar-refractivity contribution in [2.75, 3.05) is 26.2 Å². The van der Waals surface area contributed by atoms with E-state index in [1.165, 1.54) is 26.9 Å². The Morgan fingerprint density at radius 2 is 1.50 bits per heavy atom. The Balaban J connectivity index is 0.00000245. The van der Waals surface area contributed by atoms with Gasteiger partial charge in [-0.2, -0.15) is 0 Å². The third-order valence-corrected chi connectivity index (χ3v) is 6.52. The largest absolute Gasteiger partial charge is 0.350 e. The van der Waals surface area contributed by atoms with E-state index in [2.05, 4.69) is 53.1 Å². The molecule has 0 aliphatic carbocycles. The molecule has 3 aromatic rings. The van der Waals surface area contributed by atoms with Gasteiger partial charge in [0.25, 0.3) is 11.8 Å². The van der Waals surface area contributed by atoms with Gasteiger partial charge in [-0.15, -0.1) is 12.4 Å². The molecular formula is C26H28ClN3O2. The van der Waals surface area contributed by atoms with Crippen LogP contribution < -0.4 is 0 Å². The van der Waals surface area contributed by atoms with Crippen molar-refractivity contribution in [1.29, 1.82) is 0 Å². The van der Waals surface area contributed by atoms with Gasteiger partial charge in [0.15, 0.2) is 0 Å². The molecule has 0 fully saturated rings. The fourth-order valence-electron chi connectivity index (χ4n) is 4.80. The van der Waals surface area contributed by atoms with Crippen LogP contribution in [-0.2, 0) is 7.05 Å². The van der Waals surface area contributed by atoms with Crippen LogP contribution in [-0.4, -0.2) is 52.4 Å².